The Hall–Kier alpha value is -2.75. The van der Waals surface area contributed by atoms with Crippen molar-refractivity contribution in [1.29, 1.82) is 0 Å². The number of carbonyl (C=O) groups is 1. The molecule has 0 aromatic heterocycles. The van der Waals surface area contributed by atoms with E-state index in [0.29, 0.717) is 29.9 Å². The summed E-state index contributed by atoms with van der Waals surface area (Å²) >= 11 is 0. The number of phenols is 1. The summed E-state index contributed by atoms with van der Waals surface area (Å²) in [5.41, 5.74) is 2.35. The molecule has 4 nitrogen and oxygen atoms in total. The van der Waals surface area contributed by atoms with Crippen LogP contribution in [0.2, 0.25) is 0 Å². The number of phenolic OH excluding ortho intramolecular Hbond substituents is 1. The highest BCUT2D eigenvalue weighted by molar-refractivity contribution is 5.95. The summed E-state index contributed by atoms with van der Waals surface area (Å²) in [6.07, 6.45) is 2.05. The second-order valence-corrected chi connectivity index (χ2v) is 5.38. The number of hydrogen-bond acceptors (Lipinski definition) is 4. The summed E-state index contributed by atoms with van der Waals surface area (Å²) in [6, 6.07) is 11.5. The fourth-order valence-corrected chi connectivity index (χ4v) is 2.48. The van der Waals surface area contributed by atoms with Crippen LogP contribution >= 0.6 is 0 Å². The molecule has 0 bridgehead atoms. The van der Waals surface area contributed by atoms with Crippen molar-refractivity contribution in [3.63, 3.8) is 0 Å². The molecule has 0 spiro atoms. The summed E-state index contributed by atoms with van der Waals surface area (Å²) in [7, 11) is 0. The third-order valence-corrected chi connectivity index (χ3v) is 3.63. The van der Waals surface area contributed by atoms with E-state index in [0.717, 1.165) is 5.56 Å². The third kappa shape index (κ3) is 3.96. The van der Waals surface area contributed by atoms with Gasteiger partial charge in [0, 0.05) is 5.56 Å². The first-order chi connectivity index (χ1) is 11.6. The first-order valence-electron chi connectivity index (χ1n) is 7.88. The average Bonchev–Trinajstić information content (AvgIpc) is 2.57. The van der Waals surface area contributed by atoms with Crippen molar-refractivity contribution in [1.82, 2.24) is 0 Å². The molecule has 0 aliphatic heterocycles. The standard InChI is InChI=1S/C20H22O4/c1-4-9-16-17(24-13-15-10-7-6-8-11-15)12-14(3)18(19(16)21)20(22)23-5-2/h4,6-8,10-12,21H,1,5,9,13H2,2-3H3. The van der Waals surface area contributed by atoms with E-state index >= 15 is 0 Å². The van der Waals surface area contributed by atoms with Gasteiger partial charge in [-0.05, 0) is 37.5 Å². The molecule has 0 fully saturated rings. The fraction of sp³-hybridized carbons (Fsp3) is 0.250. The lowest BCUT2D eigenvalue weighted by Gasteiger charge is -2.17. The van der Waals surface area contributed by atoms with Crippen molar-refractivity contribution in [2.24, 2.45) is 0 Å². The first-order valence-corrected chi connectivity index (χ1v) is 7.88. The number of ether oxygens (including phenoxy) is 2. The van der Waals surface area contributed by atoms with E-state index < -0.39 is 5.97 Å². The molecule has 126 valence electrons. The van der Waals surface area contributed by atoms with Crippen LogP contribution in [-0.2, 0) is 17.8 Å². The topological polar surface area (TPSA) is 55.8 Å². The van der Waals surface area contributed by atoms with Gasteiger partial charge in [0.2, 0.25) is 0 Å². The van der Waals surface area contributed by atoms with Gasteiger partial charge in [0.1, 0.15) is 23.7 Å². The van der Waals surface area contributed by atoms with Gasteiger partial charge >= 0.3 is 5.97 Å². The molecule has 0 saturated carbocycles. The molecule has 2 rings (SSSR count). The highest BCUT2D eigenvalue weighted by atomic mass is 16.5. The van der Waals surface area contributed by atoms with Crippen LogP contribution in [0.1, 0.15) is 34.0 Å². The van der Waals surface area contributed by atoms with Crippen LogP contribution in [-0.4, -0.2) is 17.7 Å². The molecular formula is C20H22O4. The molecule has 0 unspecified atom stereocenters. The Morgan fingerprint density at radius 3 is 2.62 bits per heavy atom. The van der Waals surface area contributed by atoms with Crippen molar-refractivity contribution >= 4 is 5.97 Å². The molecular weight excluding hydrogens is 304 g/mol. The van der Waals surface area contributed by atoms with Crippen molar-refractivity contribution in [3.05, 3.63) is 71.3 Å². The van der Waals surface area contributed by atoms with Crippen LogP contribution in [0.25, 0.3) is 0 Å². The predicted molar refractivity (Wildman–Crippen MR) is 93.5 cm³/mol. The summed E-state index contributed by atoms with van der Waals surface area (Å²) < 4.78 is 10.9. The normalized spacial score (nSPS) is 10.2. The second kappa shape index (κ2) is 8.20. The minimum Gasteiger partial charge on any atom is -0.507 e. The Balaban J connectivity index is 2.36. The second-order valence-electron chi connectivity index (χ2n) is 5.38. The highest BCUT2D eigenvalue weighted by Gasteiger charge is 2.22. The van der Waals surface area contributed by atoms with Gasteiger partial charge in [-0.15, -0.1) is 6.58 Å². The zero-order chi connectivity index (χ0) is 17.5. The van der Waals surface area contributed by atoms with E-state index in [2.05, 4.69) is 6.58 Å². The predicted octanol–water partition coefficient (Wildman–Crippen LogP) is 4.18. The minimum absolute atomic E-state index is 0.101. The Morgan fingerprint density at radius 2 is 2.00 bits per heavy atom. The van der Waals surface area contributed by atoms with Gasteiger partial charge in [-0.2, -0.15) is 0 Å². The lowest BCUT2D eigenvalue weighted by molar-refractivity contribution is 0.0522. The average molecular weight is 326 g/mol. The van der Waals surface area contributed by atoms with Crippen LogP contribution in [0.15, 0.2) is 49.1 Å². The van der Waals surface area contributed by atoms with E-state index in [9.17, 15) is 9.90 Å². The van der Waals surface area contributed by atoms with Gasteiger partial charge in [0.25, 0.3) is 0 Å². The van der Waals surface area contributed by atoms with Gasteiger partial charge in [-0.1, -0.05) is 36.4 Å². The highest BCUT2D eigenvalue weighted by Crippen LogP contribution is 2.35. The number of benzene rings is 2. The molecule has 0 radical (unpaired) electrons. The molecule has 0 aliphatic rings. The van der Waals surface area contributed by atoms with E-state index in [-0.39, 0.29) is 17.9 Å². The molecule has 24 heavy (non-hydrogen) atoms. The van der Waals surface area contributed by atoms with E-state index in [1.165, 1.54) is 0 Å². The summed E-state index contributed by atoms with van der Waals surface area (Å²) in [5.74, 6) is -0.0920. The SMILES string of the molecule is C=CCc1c(OCc2ccccc2)cc(C)c(C(=O)OCC)c1O. The van der Waals surface area contributed by atoms with Crippen molar-refractivity contribution in [3.8, 4) is 11.5 Å². The zero-order valence-electron chi connectivity index (χ0n) is 14.0. The lowest BCUT2D eigenvalue weighted by atomic mass is 9.99. The van der Waals surface area contributed by atoms with Crippen molar-refractivity contribution < 1.29 is 19.4 Å². The third-order valence-electron chi connectivity index (χ3n) is 3.63. The van der Waals surface area contributed by atoms with Gasteiger partial charge in [-0.3, -0.25) is 0 Å². The molecule has 2 aromatic carbocycles. The molecule has 4 heteroatoms. The number of aromatic hydroxyl groups is 1. The van der Waals surface area contributed by atoms with Crippen LogP contribution < -0.4 is 4.74 Å². The molecule has 0 amide bonds. The zero-order valence-corrected chi connectivity index (χ0v) is 14.0. The van der Waals surface area contributed by atoms with Crippen molar-refractivity contribution in [2.45, 2.75) is 26.9 Å². The molecule has 0 saturated heterocycles. The fourth-order valence-electron chi connectivity index (χ4n) is 2.48. The quantitative estimate of drug-likeness (QED) is 0.612. The number of aryl methyl sites for hydroxylation is 1. The van der Waals surface area contributed by atoms with E-state index in [1.807, 2.05) is 30.3 Å². The van der Waals surface area contributed by atoms with Gasteiger partial charge in [0.15, 0.2) is 0 Å². The maximum atomic E-state index is 12.1. The first kappa shape index (κ1) is 17.6. The Kier molecular flexibility index (Phi) is 6.01. The van der Waals surface area contributed by atoms with Gasteiger partial charge in [-0.25, -0.2) is 4.79 Å². The molecule has 2 aromatic rings. The van der Waals surface area contributed by atoms with Crippen LogP contribution in [0, 0.1) is 6.92 Å². The Labute approximate surface area is 142 Å². The molecule has 0 heterocycles. The number of hydrogen-bond donors (Lipinski definition) is 1. The van der Waals surface area contributed by atoms with E-state index in [1.54, 1.807) is 26.0 Å². The number of carbonyl (C=O) groups excluding carboxylic acids is 1. The molecule has 1 N–H and O–H groups in total. The van der Waals surface area contributed by atoms with Crippen LogP contribution in [0.4, 0.5) is 0 Å². The number of allylic oxidation sites excluding steroid dienone is 1. The maximum absolute atomic E-state index is 12.1. The van der Waals surface area contributed by atoms with Gasteiger partial charge < -0.3 is 14.6 Å². The van der Waals surface area contributed by atoms with Crippen LogP contribution in [0.5, 0.6) is 11.5 Å². The number of esters is 1. The van der Waals surface area contributed by atoms with Gasteiger partial charge in [0.05, 0.1) is 6.61 Å². The number of rotatable bonds is 7. The monoisotopic (exact) mass is 326 g/mol. The summed E-state index contributed by atoms with van der Waals surface area (Å²) in [5, 5.41) is 10.5. The van der Waals surface area contributed by atoms with Crippen LogP contribution in [0.3, 0.4) is 0 Å². The molecule has 0 aliphatic carbocycles. The summed E-state index contributed by atoms with van der Waals surface area (Å²) in [6.45, 7) is 7.81. The smallest absolute Gasteiger partial charge is 0.342 e. The lowest BCUT2D eigenvalue weighted by Crippen LogP contribution is -2.09. The molecule has 0 atom stereocenters. The Morgan fingerprint density at radius 1 is 1.29 bits per heavy atom. The maximum Gasteiger partial charge on any atom is 0.342 e. The van der Waals surface area contributed by atoms with Crippen molar-refractivity contribution in [2.75, 3.05) is 6.61 Å². The Bertz CT molecular complexity index is 720. The largest absolute Gasteiger partial charge is 0.507 e. The minimum atomic E-state index is -0.535. The summed E-state index contributed by atoms with van der Waals surface area (Å²) in [4.78, 5) is 12.1. The van der Waals surface area contributed by atoms with E-state index in [4.69, 9.17) is 9.47 Å².